The molecular weight excluding hydrogens is 1760 g/mol. The van der Waals surface area contributed by atoms with Gasteiger partial charge in [-0.1, -0.05) is 146 Å². The molecule has 3 atom stereocenters. The maximum Gasteiger partial charge on any atom is 1.00 e. The number of aryl methyl sites for hydroxylation is 5. The number of nitriles is 3. The van der Waals surface area contributed by atoms with Gasteiger partial charge in [0.2, 0.25) is 17.4 Å². The second kappa shape index (κ2) is 45.7. The quantitative estimate of drug-likeness (QED) is 0.0764. The fraction of sp³-hybridized carbons (Fsp3) is 0.192. The summed E-state index contributed by atoms with van der Waals surface area (Å²) in [5.41, 5.74) is 19.4. The molecule has 3 unspecified atom stereocenters. The SMILES string of the molecule is COC(C)=O.Cc1[nH]c(=O)cc2cc(Br)ccc12.Cc1nc(C(C)C#N)cc2c[c-]ccc12.Cc1nc(C(C)C#N)cc2cc(Br)ccc12.Cc1nc(C(C)C(N)=O)cc2c[c-]ccc12.Cc1nc(Cl)cc2cc(Br)ccc12.N#CCc1cccc(Br)c1.NC(=O)Cc1cccc(Br)c1.[Rb+].[Rb+]. The molecule has 0 saturated heterocycles. The molecule has 0 aliphatic heterocycles. The number of ether oxygens (including phenoxy) is 1. The molecule has 0 fully saturated rings. The monoisotopic (exact) mass is 1830 g/mol. The minimum atomic E-state index is -0.358. The van der Waals surface area contributed by atoms with Gasteiger partial charge in [-0.2, -0.15) is 64.3 Å². The first kappa shape index (κ1) is 89.8. The van der Waals surface area contributed by atoms with Crippen molar-refractivity contribution < 1.29 is 135 Å². The molecule has 0 aliphatic rings. The molecule has 5 heterocycles. The molecule has 23 heteroatoms. The summed E-state index contributed by atoms with van der Waals surface area (Å²) in [4.78, 5) is 62.6. The van der Waals surface area contributed by atoms with E-state index in [4.69, 9.17) is 38.9 Å². The van der Waals surface area contributed by atoms with Gasteiger partial charge in [-0.3, -0.25) is 34.1 Å². The Bertz CT molecular complexity index is 5040. The standard InChI is InChI=1S/C13H11BrN2.C13H13N2O.C13H11N2.C10H7BrClN.C10H8BrNO.C8H8BrNO.C8H6BrN.C3H6O2.2Rb/c1-8(7-15)13-6-10-5-11(14)3-4-12(10)9(2)16-13;1-8(13(14)16)12-7-10-5-3-4-6-11(10)9(2)15-12;1-9(8-14)13-7-11-5-3-4-6-12(11)10(2)15-13;1-6-9-3-2-8(11)4-7(9)5-10(12)13-6;1-6-9-3-2-8(11)4-7(9)5-10(13)12-6;9-7-3-1-2-6(4-7)5-8(10)11;9-8-3-1-2-7(6-8)4-5-10;1-3(4)5-2;;/h3-6,8H,1-2H3;4-8H,1-2H3,(H2,14,16);4-7,9H,1-2H3;2-5H,1H3;2-5H,1H3,(H,12,13);1-4H,5H2,(H2,10,11);1-3,6H,4H2;1-2H3;;/q;2*-1;;;;;;2*+1. The van der Waals surface area contributed by atoms with Crippen LogP contribution < -0.4 is 133 Å². The van der Waals surface area contributed by atoms with Gasteiger partial charge in [0.1, 0.15) is 5.15 Å². The molecule has 101 heavy (non-hydrogen) atoms. The summed E-state index contributed by atoms with van der Waals surface area (Å²) in [7, 11) is 1.35. The number of H-pyrrole nitrogens is 1. The van der Waals surface area contributed by atoms with Gasteiger partial charge in [-0.05, 0) is 155 Å². The molecule has 0 bridgehead atoms. The van der Waals surface area contributed by atoms with E-state index < -0.39 is 0 Å². The summed E-state index contributed by atoms with van der Waals surface area (Å²) in [6.07, 6.45) is 0.791. The zero-order valence-electron chi connectivity index (χ0n) is 57.9. The van der Waals surface area contributed by atoms with Crippen LogP contribution in [0, 0.1) is 80.7 Å². The average Bonchev–Trinajstić information content (AvgIpc) is 0.820. The number of rotatable bonds is 7. The number of pyridine rings is 5. The zero-order valence-corrected chi connectivity index (χ0v) is 76.4. The molecule has 12 rings (SSSR count). The molecule has 7 aromatic carbocycles. The van der Waals surface area contributed by atoms with Crippen LogP contribution in [0.3, 0.4) is 0 Å². The van der Waals surface area contributed by atoms with Crippen LogP contribution in [0.25, 0.3) is 53.9 Å². The van der Waals surface area contributed by atoms with E-state index in [1.807, 2.05) is 206 Å². The summed E-state index contributed by atoms with van der Waals surface area (Å²) < 4.78 is 9.20. The van der Waals surface area contributed by atoms with Crippen LogP contribution in [-0.4, -0.2) is 49.8 Å². The van der Waals surface area contributed by atoms with E-state index in [1.165, 1.54) is 14.0 Å². The van der Waals surface area contributed by atoms with Crippen molar-refractivity contribution in [3.8, 4) is 18.2 Å². The number of fused-ring (bicyclic) bond motifs is 5. The third-order valence-corrected chi connectivity index (χ3v) is 17.3. The number of carbonyl (C=O) groups excluding carboxylic acids is 3. The Labute approximate surface area is 734 Å². The Hall–Kier alpha value is -5.43. The third-order valence-electron chi connectivity index (χ3n) is 14.6. The fourth-order valence-corrected chi connectivity index (χ4v) is 11.7. The Morgan fingerprint density at radius 1 is 0.535 bits per heavy atom. The predicted octanol–water partition coefficient (Wildman–Crippen LogP) is 13.6. The third kappa shape index (κ3) is 29.9. The van der Waals surface area contributed by atoms with E-state index in [9.17, 15) is 19.2 Å². The van der Waals surface area contributed by atoms with Crippen molar-refractivity contribution in [2.45, 2.75) is 92.9 Å². The number of hydrogen-bond donors (Lipinski definition) is 3. The first-order chi connectivity index (χ1) is 47.0. The first-order valence-corrected chi connectivity index (χ1v) is 34.8. The number of halogens is 6. The Balaban J connectivity index is 0.000000303. The molecule has 0 radical (unpaired) electrons. The second-order valence-electron chi connectivity index (χ2n) is 22.2. The number of carbonyl (C=O) groups is 3. The van der Waals surface area contributed by atoms with Crippen LogP contribution in [0.1, 0.15) is 102 Å². The number of aromatic nitrogens is 5. The molecule has 5 aromatic heterocycles. The summed E-state index contributed by atoms with van der Waals surface area (Å²) in [6, 6.07) is 66.8. The molecular formula is C78H70Br5ClN10O5Rb2. The van der Waals surface area contributed by atoms with Crippen molar-refractivity contribution >= 4 is 163 Å². The van der Waals surface area contributed by atoms with Crippen molar-refractivity contribution in [3.63, 3.8) is 0 Å². The van der Waals surface area contributed by atoms with Crippen molar-refractivity contribution in [3.05, 3.63) is 277 Å². The molecule has 0 spiro atoms. The zero-order chi connectivity index (χ0) is 73.0. The van der Waals surface area contributed by atoms with Crippen LogP contribution in [0.15, 0.2) is 197 Å². The van der Waals surface area contributed by atoms with Crippen molar-refractivity contribution in [1.82, 2.24) is 24.9 Å². The fourth-order valence-electron chi connectivity index (χ4n) is 9.42. The summed E-state index contributed by atoms with van der Waals surface area (Å²) >= 11 is 22.7. The van der Waals surface area contributed by atoms with Crippen LogP contribution in [0.4, 0.5) is 0 Å². The number of hydrogen-bond acceptors (Lipinski definition) is 12. The van der Waals surface area contributed by atoms with Crippen LogP contribution in [-0.2, 0) is 32.0 Å². The summed E-state index contributed by atoms with van der Waals surface area (Å²) in [5, 5.41) is 37.6. The number of benzene rings is 7. The van der Waals surface area contributed by atoms with E-state index in [-0.39, 0.29) is 157 Å². The van der Waals surface area contributed by atoms with Crippen LogP contribution in [0.2, 0.25) is 5.15 Å². The van der Waals surface area contributed by atoms with E-state index >= 15 is 0 Å². The minimum absolute atomic E-state index is 0. The van der Waals surface area contributed by atoms with E-state index in [1.54, 1.807) is 13.0 Å². The van der Waals surface area contributed by atoms with Crippen LogP contribution >= 0.6 is 91.3 Å². The number of primary amides is 2. The average molecular weight is 1830 g/mol. The van der Waals surface area contributed by atoms with E-state index in [0.29, 0.717) is 18.0 Å². The molecule has 5 N–H and O–H groups in total. The van der Waals surface area contributed by atoms with Crippen molar-refractivity contribution in [2.24, 2.45) is 11.5 Å². The first-order valence-electron chi connectivity index (χ1n) is 30.4. The summed E-state index contributed by atoms with van der Waals surface area (Å²) in [5.74, 6) is -1.59. The Morgan fingerprint density at radius 3 is 1.36 bits per heavy atom. The maximum absolute atomic E-state index is 11.1. The molecule has 0 saturated carbocycles. The van der Waals surface area contributed by atoms with Gasteiger partial charge in [0.15, 0.2) is 0 Å². The van der Waals surface area contributed by atoms with E-state index in [0.717, 1.165) is 133 Å². The van der Waals surface area contributed by atoms with Gasteiger partial charge in [0.25, 0.3) is 0 Å². The molecule has 12 aromatic rings. The van der Waals surface area contributed by atoms with Crippen molar-refractivity contribution in [2.75, 3.05) is 7.11 Å². The number of aromatic amines is 1. The normalized spacial score (nSPS) is 10.8. The second-order valence-corrected chi connectivity index (χ2v) is 27.2. The topological polar surface area (TPSA) is 268 Å². The minimum Gasteiger partial charge on any atom is -0.469 e. The number of nitrogens with zero attached hydrogens (tertiary/aromatic N) is 7. The summed E-state index contributed by atoms with van der Waals surface area (Å²) in [6.45, 7) is 16.6. The van der Waals surface area contributed by atoms with Gasteiger partial charge in [0.05, 0.1) is 61.6 Å². The van der Waals surface area contributed by atoms with Gasteiger partial charge in [-0.15, -0.1) is 21.5 Å². The van der Waals surface area contributed by atoms with Crippen molar-refractivity contribution in [1.29, 1.82) is 15.8 Å². The molecule has 2 amide bonds. The van der Waals surface area contributed by atoms with E-state index in [2.05, 4.69) is 146 Å². The van der Waals surface area contributed by atoms with Gasteiger partial charge in [-0.25, -0.2) is 4.98 Å². The van der Waals surface area contributed by atoms with Gasteiger partial charge < -0.3 is 21.2 Å². The number of esters is 1. The largest absolute Gasteiger partial charge is 1.00 e. The van der Waals surface area contributed by atoms with Gasteiger partial charge >= 0.3 is 122 Å². The van der Waals surface area contributed by atoms with Crippen LogP contribution in [0.5, 0.6) is 0 Å². The molecule has 506 valence electrons. The smallest absolute Gasteiger partial charge is 0.469 e. The maximum atomic E-state index is 11.1. The Morgan fingerprint density at radius 2 is 0.921 bits per heavy atom. The van der Waals surface area contributed by atoms with Gasteiger partial charge in [0, 0.05) is 91.4 Å². The number of nitrogens with one attached hydrogen (secondary N) is 1. The number of methoxy groups -OCH3 is 1. The predicted molar refractivity (Wildman–Crippen MR) is 415 cm³/mol. The Kier molecular flexibility index (Phi) is 40.6. The molecule has 0 aliphatic carbocycles. The number of nitrogens with two attached hydrogens (primary N) is 2. The number of amides is 2. The molecule has 15 nitrogen and oxygen atoms in total.